The Balaban J connectivity index is 1.77. The Morgan fingerprint density at radius 2 is 1.32 bits per heavy atom. The lowest BCUT2D eigenvalue weighted by Crippen LogP contribution is -2.60. The molecule has 3 aromatic carbocycles. The van der Waals surface area contributed by atoms with Crippen molar-refractivity contribution in [2.45, 2.75) is 0 Å². The molecule has 0 N–H and O–H groups in total. The largest absolute Gasteiger partial charge is 0.361 e. The van der Waals surface area contributed by atoms with Crippen LogP contribution in [0.25, 0.3) is 16.8 Å². The zero-order valence-electron chi connectivity index (χ0n) is 13.5. The number of hydrogen-bond acceptors (Lipinski definition) is 2. The van der Waals surface area contributed by atoms with Crippen molar-refractivity contribution in [3.8, 4) is 16.8 Å². The van der Waals surface area contributed by atoms with Crippen molar-refractivity contribution in [2.24, 2.45) is 0 Å². The summed E-state index contributed by atoms with van der Waals surface area (Å²) in [6.07, 6.45) is 1.89. The van der Waals surface area contributed by atoms with E-state index in [4.69, 9.17) is 0 Å². The normalized spacial score (nSPS) is 13.4. The standard InChI is InChI=1S/C21H14BN3/c1-3-9-17-15(7-1)16-8-2-5-11-19(16)24-21-13-14-23-25(21)20-12-6-4-10-18(20)22(17)24/h1-14H. The molecule has 0 fully saturated rings. The van der Waals surface area contributed by atoms with Gasteiger partial charge in [0.1, 0.15) is 5.82 Å². The molecule has 25 heavy (non-hydrogen) atoms. The quantitative estimate of drug-likeness (QED) is 0.464. The van der Waals surface area contributed by atoms with Gasteiger partial charge in [-0.05, 0) is 34.7 Å². The summed E-state index contributed by atoms with van der Waals surface area (Å²) in [4.78, 5) is 2.42. The fourth-order valence-corrected chi connectivity index (χ4v) is 4.31. The molecule has 0 saturated heterocycles. The third kappa shape index (κ3) is 1.59. The SMILES string of the molecule is c1ccc2c(c1)B1c3ccccc3-n3nccc3N1c1ccccc1-2. The molecule has 3 heterocycles. The molecule has 6 rings (SSSR count). The summed E-state index contributed by atoms with van der Waals surface area (Å²) in [5.74, 6) is 1.12. The number of anilines is 2. The zero-order chi connectivity index (χ0) is 16.4. The lowest BCUT2D eigenvalue weighted by atomic mass is 9.45. The molecule has 2 aliphatic rings. The van der Waals surface area contributed by atoms with Gasteiger partial charge in [0, 0.05) is 11.3 Å². The van der Waals surface area contributed by atoms with Crippen molar-refractivity contribution in [1.82, 2.24) is 9.78 Å². The summed E-state index contributed by atoms with van der Waals surface area (Å²) in [5, 5.41) is 4.59. The lowest BCUT2D eigenvalue weighted by Gasteiger charge is -2.41. The number of para-hydroxylation sites is 2. The summed E-state index contributed by atoms with van der Waals surface area (Å²) in [7, 11) is 0. The third-order valence-corrected chi connectivity index (χ3v) is 5.30. The fraction of sp³-hybridized carbons (Fsp3) is 0. The second-order valence-electron chi connectivity index (χ2n) is 6.54. The molecule has 0 radical (unpaired) electrons. The first-order valence-electron chi connectivity index (χ1n) is 8.54. The number of nitrogens with zero attached hydrogens (tertiary/aromatic N) is 3. The van der Waals surface area contributed by atoms with Crippen molar-refractivity contribution in [3.05, 3.63) is 85.1 Å². The van der Waals surface area contributed by atoms with E-state index in [-0.39, 0.29) is 6.85 Å². The molecule has 0 aliphatic carbocycles. The monoisotopic (exact) mass is 319 g/mol. The maximum Gasteiger partial charge on any atom is 0.332 e. The van der Waals surface area contributed by atoms with Crippen LogP contribution in [0.2, 0.25) is 0 Å². The predicted octanol–water partition coefficient (Wildman–Crippen LogP) is 3.11. The van der Waals surface area contributed by atoms with Gasteiger partial charge in [0.2, 0.25) is 0 Å². The number of aromatic nitrogens is 2. The highest BCUT2D eigenvalue weighted by Gasteiger charge is 2.42. The smallest absolute Gasteiger partial charge is 0.332 e. The molecule has 4 heteroatoms. The van der Waals surface area contributed by atoms with E-state index in [1.165, 1.54) is 27.7 Å². The van der Waals surface area contributed by atoms with Crippen molar-refractivity contribution >= 4 is 29.3 Å². The van der Waals surface area contributed by atoms with Gasteiger partial charge in [0.15, 0.2) is 0 Å². The first-order valence-corrected chi connectivity index (χ1v) is 8.54. The fourth-order valence-electron chi connectivity index (χ4n) is 4.31. The van der Waals surface area contributed by atoms with Gasteiger partial charge >= 0.3 is 6.85 Å². The average molecular weight is 319 g/mol. The molecule has 0 bridgehead atoms. The Hall–Kier alpha value is -3.27. The Kier molecular flexibility index (Phi) is 2.42. The predicted molar refractivity (Wildman–Crippen MR) is 103 cm³/mol. The van der Waals surface area contributed by atoms with Gasteiger partial charge in [-0.25, -0.2) is 4.68 Å². The minimum absolute atomic E-state index is 0.173. The summed E-state index contributed by atoms with van der Waals surface area (Å²) >= 11 is 0. The topological polar surface area (TPSA) is 21.1 Å². The second-order valence-corrected chi connectivity index (χ2v) is 6.54. The summed E-state index contributed by atoms with van der Waals surface area (Å²) in [6.45, 7) is 0.173. The Morgan fingerprint density at radius 3 is 2.20 bits per heavy atom. The minimum Gasteiger partial charge on any atom is -0.361 e. The molecule has 0 atom stereocenters. The molecule has 2 aliphatic heterocycles. The van der Waals surface area contributed by atoms with Gasteiger partial charge in [-0.1, -0.05) is 60.7 Å². The third-order valence-electron chi connectivity index (χ3n) is 5.30. The maximum absolute atomic E-state index is 4.59. The van der Waals surface area contributed by atoms with Crippen LogP contribution in [0.5, 0.6) is 0 Å². The Labute approximate surface area is 146 Å². The van der Waals surface area contributed by atoms with Gasteiger partial charge in [0.05, 0.1) is 11.9 Å². The van der Waals surface area contributed by atoms with E-state index in [0.717, 1.165) is 11.5 Å². The van der Waals surface area contributed by atoms with Crippen LogP contribution in [0.3, 0.4) is 0 Å². The summed E-state index contributed by atoms with van der Waals surface area (Å²) in [6, 6.07) is 28.1. The molecule has 1 aromatic heterocycles. The van der Waals surface area contributed by atoms with Crippen LogP contribution in [0.1, 0.15) is 0 Å². The van der Waals surface area contributed by atoms with E-state index >= 15 is 0 Å². The van der Waals surface area contributed by atoms with Crippen LogP contribution < -0.4 is 15.7 Å². The average Bonchev–Trinajstić information content (AvgIpc) is 3.17. The number of benzene rings is 3. The van der Waals surface area contributed by atoms with Crippen LogP contribution in [0.15, 0.2) is 85.1 Å². The first-order chi connectivity index (χ1) is 12.4. The van der Waals surface area contributed by atoms with Crippen LogP contribution in [0.4, 0.5) is 11.5 Å². The van der Waals surface area contributed by atoms with Crippen LogP contribution in [-0.2, 0) is 0 Å². The number of rotatable bonds is 0. The highest BCUT2D eigenvalue weighted by atomic mass is 15.4. The van der Waals surface area contributed by atoms with Gasteiger partial charge in [-0.15, -0.1) is 0 Å². The van der Waals surface area contributed by atoms with Crippen LogP contribution in [-0.4, -0.2) is 16.6 Å². The van der Waals surface area contributed by atoms with Gasteiger partial charge < -0.3 is 4.81 Å². The van der Waals surface area contributed by atoms with Crippen LogP contribution in [0, 0.1) is 0 Å². The van der Waals surface area contributed by atoms with E-state index in [0.29, 0.717) is 0 Å². The molecule has 4 aromatic rings. The van der Waals surface area contributed by atoms with Gasteiger partial charge in [-0.3, -0.25) is 0 Å². The summed E-state index contributed by atoms with van der Waals surface area (Å²) < 4.78 is 2.05. The lowest BCUT2D eigenvalue weighted by molar-refractivity contribution is 0.874. The van der Waals surface area contributed by atoms with Crippen molar-refractivity contribution < 1.29 is 0 Å². The molecular weight excluding hydrogens is 305 g/mol. The number of hydrogen-bond donors (Lipinski definition) is 0. The first kappa shape index (κ1) is 13.1. The van der Waals surface area contributed by atoms with E-state index in [9.17, 15) is 0 Å². The molecule has 0 saturated carbocycles. The van der Waals surface area contributed by atoms with Crippen LogP contribution >= 0.6 is 0 Å². The molecule has 3 nitrogen and oxygen atoms in total. The van der Waals surface area contributed by atoms with E-state index in [1.807, 2.05) is 6.20 Å². The maximum atomic E-state index is 4.59. The highest BCUT2D eigenvalue weighted by molar-refractivity contribution is 6.91. The molecular formula is C21H14BN3. The summed E-state index contributed by atoms with van der Waals surface area (Å²) in [5.41, 5.74) is 7.64. The number of fused-ring (bicyclic) bond motifs is 11. The van der Waals surface area contributed by atoms with E-state index in [1.54, 1.807) is 0 Å². The highest BCUT2D eigenvalue weighted by Crippen LogP contribution is 2.41. The zero-order valence-corrected chi connectivity index (χ0v) is 13.5. The van der Waals surface area contributed by atoms with E-state index in [2.05, 4.69) is 93.5 Å². The Bertz CT molecular complexity index is 1130. The molecule has 116 valence electrons. The van der Waals surface area contributed by atoms with Crippen molar-refractivity contribution in [3.63, 3.8) is 0 Å². The Morgan fingerprint density at radius 1 is 0.640 bits per heavy atom. The molecule has 0 spiro atoms. The van der Waals surface area contributed by atoms with Gasteiger partial charge in [0.25, 0.3) is 0 Å². The molecule has 0 amide bonds. The van der Waals surface area contributed by atoms with Gasteiger partial charge in [-0.2, -0.15) is 5.10 Å². The van der Waals surface area contributed by atoms with Crippen molar-refractivity contribution in [2.75, 3.05) is 4.81 Å². The van der Waals surface area contributed by atoms with E-state index < -0.39 is 0 Å². The second kappa shape index (κ2) is 4.64. The minimum atomic E-state index is 0.173. The van der Waals surface area contributed by atoms with Crippen molar-refractivity contribution in [1.29, 1.82) is 0 Å². The molecule has 0 unspecified atom stereocenters.